The first kappa shape index (κ1) is 11.9. The summed E-state index contributed by atoms with van der Waals surface area (Å²) < 4.78 is 0. The van der Waals surface area contributed by atoms with Crippen molar-refractivity contribution in [3.63, 3.8) is 0 Å². The summed E-state index contributed by atoms with van der Waals surface area (Å²) in [5, 5.41) is 0. The maximum Gasteiger partial charge on any atom is 0.247 e. The normalized spacial score (nSPS) is 17.1. The zero-order valence-electron chi connectivity index (χ0n) is 9.98. The number of nitrogens with one attached hydrogen (secondary N) is 1. The smallest absolute Gasteiger partial charge is 0.247 e. The number of piperazine rings is 1. The number of hydrogen-bond acceptors (Lipinski definition) is 3. The van der Waals surface area contributed by atoms with Crippen molar-refractivity contribution in [2.75, 3.05) is 26.2 Å². The first-order chi connectivity index (χ1) is 8.15. The van der Waals surface area contributed by atoms with Crippen molar-refractivity contribution in [3.8, 4) is 0 Å². The lowest BCUT2D eigenvalue weighted by molar-refractivity contribution is -0.130. The fourth-order valence-corrected chi connectivity index (χ4v) is 2.02. The van der Waals surface area contributed by atoms with Gasteiger partial charge in [-0.05, 0) is 5.56 Å². The molecule has 0 aromatic carbocycles. The fraction of sp³-hybridized carbons (Fsp3) is 0.500. The maximum atomic E-state index is 11.2. The number of hydrogen-bond donors (Lipinski definition) is 1. The number of aromatic amines is 1. The average molecular weight is 235 g/mol. The van der Waals surface area contributed by atoms with E-state index in [2.05, 4.69) is 9.88 Å². The average Bonchev–Trinajstić information content (AvgIpc) is 2.33. The van der Waals surface area contributed by atoms with Crippen molar-refractivity contribution >= 4 is 5.91 Å². The van der Waals surface area contributed by atoms with Gasteiger partial charge in [-0.2, -0.15) is 0 Å². The molecule has 0 unspecified atom stereocenters. The second-order valence-electron chi connectivity index (χ2n) is 4.34. The van der Waals surface area contributed by atoms with E-state index in [1.54, 1.807) is 19.2 Å². The zero-order valence-corrected chi connectivity index (χ0v) is 9.98. The van der Waals surface area contributed by atoms with E-state index in [1.165, 1.54) is 0 Å². The van der Waals surface area contributed by atoms with E-state index >= 15 is 0 Å². The molecule has 1 N–H and O–H groups in total. The highest BCUT2D eigenvalue weighted by Gasteiger charge is 2.18. The molecule has 1 aliphatic rings. The third kappa shape index (κ3) is 3.17. The number of carbonyl (C=O) groups excluding carboxylic acids is 1. The van der Waals surface area contributed by atoms with Crippen molar-refractivity contribution in [1.29, 1.82) is 0 Å². The first-order valence-electron chi connectivity index (χ1n) is 5.80. The molecule has 0 aliphatic carbocycles. The molecule has 0 bridgehead atoms. The molecule has 1 amide bonds. The van der Waals surface area contributed by atoms with Crippen LogP contribution in [0.25, 0.3) is 0 Å². The Bertz CT molecular complexity index is 427. The van der Waals surface area contributed by atoms with Gasteiger partial charge in [0.15, 0.2) is 0 Å². The molecule has 0 saturated carbocycles. The molecule has 0 spiro atoms. The third-order valence-electron chi connectivity index (χ3n) is 3.07. The predicted molar refractivity (Wildman–Crippen MR) is 64.6 cm³/mol. The quantitative estimate of drug-likeness (QED) is 0.787. The van der Waals surface area contributed by atoms with Crippen LogP contribution in [0.1, 0.15) is 12.5 Å². The minimum absolute atomic E-state index is 0.0739. The molecule has 5 heteroatoms. The highest BCUT2D eigenvalue weighted by atomic mass is 16.2. The molecule has 1 aromatic heterocycles. The number of nitrogens with zero attached hydrogens (tertiary/aromatic N) is 2. The molecule has 0 radical (unpaired) electrons. The molecule has 17 heavy (non-hydrogen) atoms. The molecule has 1 aliphatic heterocycles. The largest absolute Gasteiger partial charge is 0.340 e. The van der Waals surface area contributed by atoms with Crippen LogP contribution in [-0.2, 0) is 11.3 Å². The Balaban J connectivity index is 1.88. The van der Waals surface area contributed by atoms with Gasteiger partial charge in [0.1, 0.15) is 0 Å². The lowest BCUT2D eigenvalue weighted by Gasteiger charge is -2.34. The van der Waals surface area contributed by atoms with Crippen LogP contribution in [0.3, 0.4) is 0 Å². The van der Waals surface area contributed by atoms with E-state index in [9.17, 15) is 9.59 Å². The highest BCUT2D eigenvalue weighted by molar-refractivity contribution is 5.73. The van der Waals surface area contributed by atoms with E-state index < -0.39 is 0 Å². The van der Waals surface area contributed by atoms with Gasteiger partial charge in [-0.15, -0.1) is 0 Å². The summed E-state index contributed by atoms with van der Waals surface area (Å²) in [6.45, 7) is 5.79. The predicted octanol–water partition coefficient (Wildman–Crippen LogP) is 0.0390. The van der Waals surface area contributed by atoms with E-state index in [-0.39, 0.29) is 11.5 Å². The van der Waals surface area contributed by atoms with Gasteiger partial charge >= 0.3 is 0 Å². The molecule has 0 atom stereocenters. The van der Waals surface area contributed by atoms with Gasteiger partial charge in [0.2, 0.25) is 11.5 Å². The molecular formula is C12H17N3O2. The lowest BCUT2D eigenvalue weighted by Crippen LogP contribution is -2.47. The molecular weight excluding hydrogens is 218 g/mol. The van der Waals surface area contributed by atoms with Gasteiger partial charge in [0.25, 0.3) is 0 Å². The Labute approximate surface area is 100 Å². The minimum Gasteiger partial charge on any atom is -0.340 e. The summed E-state index contributed by atoms with van der Waals surface area (Å²) in [5.74, 6) is 0.147. The molecule has 2 heterocycles. The van der Waals surface area contributed by atoms with Crippen molar-refractivity contribution in [1.82, 2.24) is 14.8 Å². The van der Waals surface area contributed by atoms with Crippen molar-refractivity contribution < 1.29 is 4.79 Å². The second kappa shape index (κ2) is 5.14. The van der Waals surface area contributed by atoms with Gasteiger partial charge in [-0.1, -0.05) is 6.07 Å². The molecule has 1 fully saturated rings. The van der Waals surface area contributed by atoms with E-state index in [0.717, 1.165) is 38.3 Å². The van der Waals surface area contributed by atoms with Gasteiger partial charge in [-0.25, -0.2) is 0 Å². The summed E-state index contributed by atoms with van der Waals surface area (Å²) in [6.07, 6.45) is 1.75. The number of H-pyrrole nitrogens is 1. The van der Waals surface area contributed by atoms with Crippen molar-refractivity contribution in [3.05, 3.63) is 34.2 Å². The topological polar surface area (TPSA) is 56.4 Å². The van der Waals surface area contributed by atoms with Crippen molar-refractivity contribution in [2.45, 2.75) is 13.5 Å². The number of carbonyl (C=O) groups is 1. The Morgan fingerprint density at radius 3 is 2.53 bits per heavy atom. The van der Waals surface area contributed by atoms with Crippen LogP contribution in [-0.4, -0.2) is 46.9 Å². The van der Waals surface area contributed by atoms with Crippen LogP contribution in [0.2, 0.25) is 0 Å². The number of rotatable bonds is 2. The van der Waals surface area contributed by atoms with Gasteiger partial charge in [0.05, 0.1) is 0 Å². The summed E-state index contributed by atoms with van der Waals surface area (Å²) >= 11 is 0. The van der Waals surface area contributed by atoms with Crippen LogP contribution in [0.5, 0.6) is 0 Å². The summed E-state index contributed by atoms with van der Waals surface area (Å²) in [4.78, 5) is 28.9. The Hall–Kier alpha value is -1.62. The van der Waals surface area contributed by atoms with Gasteiger partial charge in [0, 0.05) is 51.9 Å². The Morgan fingerprint density at radius 1 is 1.29 bits per heavy atom. The number of pyridine rings is 1. The van der Waals surface area contributed by atoms with E-state index in [0.29, 0.717) is 0 Å². The molecule has 92 valence electrons. The van der Waals surface area contributed by atoms with Gasteiger partial charge in [-0.3, -0.25) is 14.5 Å². The van der Waals surface area contributed by atoms with Crippen molar-refractivity contribution in [2.24, 2.45) is 0 Å². The molecule has 1 aromatic rings. The van der Waals surface area contributed by atoms with Crippen LogP contribution in [0.15, 0.2) is 23.1 Å². The lowest BCUT2D eigenvalue weighted by atomic mass is 10.2. The van der Waals surface area contributed by atoms with Crippen LogP contribution in [0.4, 0.5) is 0 Å². The molecule has 5 nitrogen and oxygen atoms in total. The Kier molecular flexibility index (Phi) is 3.58. The van der Waals surface area contributed by atoms with Crippen LogP contribution >= 0.6 is 0 Å². The minimum atomic E-state index is -0.0739. The highest BCUT2D eigenvalue weighted by Crippen LogP contribution is 2.06. The standard InChI is InChI=1S/C12H17N3O2/c1-10(16)15-6-4-14(5-7-15)9-11-2-3-12(17)13-8-11/h2-3,8H,4-7,9H2,1H3,(H,13,17). The molecule has 1 saturated heterocycles. The number of amides is 1. The van der Waals surface area contributed by atoms with Gasteiger partial charge < -0.3 is 9.88 Å². The third-order valence-corrected chi connectivity index (χ3v) is 3.07. The second-order valence-corrected chi connectivity index (χ2v) is 4.34. The monoisotopic (exact) mass is 235 g/mol. The van der Waals surface area contributed by atoms with Crippen LogP contribution in [0, 0.1) is 0 Å². The van der Waals surface area contributed by atoms with E-state index in [4.69, 9.17) is 0 Å². The van der Waals surface area contributed by atoms with E-state index in [1.807, 2.05) is 11.0 Å². The van der Waals surface area contributed by atoms with Crippen LogP contribution < -0.4 is 5.56 Å². The maximum absolute atomic E-state index is 11.2. The number of aromatic nitrogens is 1. The first-order valence-corrected chi connectivity index (χ1v) is 5.80. The summed E-state index contributed by atoms with van der Waals surface area (Å²) in [6, 6.07) is 3.39. The summed E-state index contributed by atoms with van der Waals surface area (Å²) in [7, 11) is 0. The Morgan fingerprint density at radius 2 is 2.00 bits per heavy atom. The zero-order chi connectivity index (χ0) is 12.3. The SMILES string of the molecule is CC(=O)N1CCN(Cc2ccc(=O)[nH]c2)CC1. The fourth-order valence-electron chi connectivity index (χ4n) is 2.02. The molecule has 2 rings (SSSR count). The summed E-state index contributed by atoms with van der Waals surface area (Å²) in [5.41, 5.74) is 1.02.